The molecule has 1 saturated heterocycles. The number of anilines is 1. The van der Waals surface area contributed by atoms with Crippen molar-refractivity contribution < 1.29 is 9.47 Å². The summed E-state index contributed by atoms with van der Waals surface area (Å²) >= 11 is 0. The third-order valence-corrected chi connectivity index (χ3v) is 6.01. The second kappa shape index (κ2) is 9.95. The molecule has 8 nitrogen and oxygen atoms in total. The Kier molecular flexibility index (Phi) is 7.02. The van der Waals surface area contributed by atoms with Crippen molar-refractivity contribution in [2.45, 2.75) is 65.4 Å². The molecule has 1 aromatic carbocycles. The lowest BCUT2D eigenvalue weighted by Crippen LogP contribution is -2.37. The van der Waals surface area contributed by atoms with E-state index in [1.54, 1.807) is 4.52 Å². The van der Waals surface area contributed by atoms with Gasteiger partial charge in [-0.15, -0.1) is 0 Å². The molecule has 4 rings (SSSR count). The summed E-state index contributed by atoms with van der Waals surface area (Å²) in [4.78, 5) is 9.14. The highest BCUT2D eigenvalue weighted by Gasteiger charge is 2.26. The van der Waals surface area contributed by atoms with Crippen molar-refractivity contribution in [1.29, 1.82) is 0 Å². The molecule has 2 aromatic heterocycles. The summed E-state index contributed by atoms with van der Waals surface area (Å²) in [5, 5.41) is 8.21. The molecule has 0 unspecified atom stereocenters. The number of hydrogen-bond donors (Lipinski definition) is 2. The number of nitrogens with zero attached hydrogens (tertiary/aromatic N) is 4. The van der Waals surface area contributed by atoms with E-state index in [0.29, 0.717) is 24.2 Å². The predicted molar refractivity (Wildman–Crippen MR) is 130 cm³/mol. The van der Waals surface area contributed by atoms with E-state index in [4.69, 9.17) is 25.3 Å². The standard InChI is InChI=1S/C25H36N6O2/c1-15(2)14-32-19-9-6-8-18(12-19)17(5)22-21(16(3)4)23-28-25(29-24(26)31(23)30-22)33-20-10-7-11-27-13-20/h6,8-9,12,15-17,20,27H,7,10-11,13-14H2,1-5H3,(H2,26,28,29)/t17-,20+/m0/s1. The Morgan fingerprint density at radius 1 is 1.18 bits per heavy atom. The molecule has 8 heteroatoms. The highest BCUT2D eigenvalue weighted by atomic mass is 16.5. The summed E-state index contributed by atoms with van der Waals surface area (Å²) in [5.41, 5.74) is 10.2. The lowest BCUT2D eigenvalue weighted by molar-refractivity contribution is 0.153. The van der Waals surface area contributed by atoms with Gasteiger partial charge in [0.05, 0.1) is 12.3 Å². The van der Waals surface area contributed by atoms with Gasteiger partial charge in [0.1, 0.15) is 11.9 Å². The highest BCUT2D eigenvalue weighted by molar-refractivity contribution is 5.57. The molecule has 2 atom stereocenters. The number of fused-ring (bicyclic) bond motifs is 1. The number of nitrogens with two attached hydrogens (primary N) is 1. The van der Waals surface area contributed by atoms with Crippen LogP contribution in [0.2, 0.25) is 0 Å². The fraction of sp³-hybridized carbons (Fsp3) is 0.560. The third kappa shape index (κ3) is 5.21. The minimum absolute atomic E-state index is 0.0398. The van der Waals surface area contributed by atoms with E-state index < -0.39 is 0 Å². The minimum atomic E-state index is 0.0398. The Hall–Kier alpha value is -2.87. The molecule has 0 radical (unpaired) electrons. The zero-order valence-corrected chi connectivity index (χ0v) is 20.3. The van der Waals surface area contributed by atoms with Gasteiger partial charge in [-0.1, -0.05) is 46.8 Å². The first-order valence-corrected chi connectivity index (χ1v) is 12.0. The molecule has 0 saturated carbocycles. The average Bonchev–Trinajstić information content (AvgIpc) is 3.18. The molecule has 0 bridgehead atoms. The van der Waals surface area contributed by atoms with E-state index in [0.717, 1.165) is 48.5 Å². The second-order valence-corrected chi connectivity index (χ2v) is 9.64. The van der Waals surface area contributed by atoms with Crippen molar-refractivity contribution in [3.8, 4) is 11.8 Å². The molecule has 1 aliphatic rings. The van der Waals surface area contributed by atoms with Crippen molar-refractivity contribution in [3.05, 3.63) is 41.1 Å². The molecule has 0 spiro atoms. The predicted octanol–water partition coefficient (Wildman–Crippen LogP) is 4.15. The topological polar surface area (TPSA) is 99.6 Å². The average molecular weight is 453 g/mol. The van der Waals surface area contributed by atoms with Crippen LogP contribution >= 0.6 is 0 Å². The number of ether oxygens (including phenoxy) is 2. The van der Waals surface area contributed by atoms with Crippen molar-refractivity contribution >= 4 is 11.6 Å². The molecule has 3 aromatic rings. The quantitative estimate of drug-likeness (QED) is 0.530. The SMILES string of the molecule is CC(C)COc1cccc([C@H](C)c2nn3c(N)nc(O[C@@H]4CCCNC4)nc3c2C(C)C)c1. The van der Waals surface area contributed by atoms with Crippen LogP contribution in [0.5, 0.6) is 11.8 Å². The first-order chi connectivity index (χ1) is 15.8. The molecular formula is C25H36N6O2. The molecule has 3 heterocycles. The normalized spacial score (nSPS) is 17.6. The van der Waals surface area contributed by atoms with E-state index >= 15 is 0 Å². The van der Waals surface area contributed by atoms with Crippen LogP contribution in [-0.2, 0) is 0 Å². The first kappa shape index (κ1) is 23.3. The van der Waals surface area contributed by atoms with Crippen LogP contribution in [0, 0.1) is 5.92 Å². The van der Waals surface area contributed by atoms with Gasteiger partial charge in [0, 0.05) is 18.0 Å². The summed E-state index contributed by atoms with van der Waals surface area (Å²) in [6, 6.07) is 8.56. The minimum Gasteiger partial charge on any atom is -0.493 e. The molecule has 178 valence electrons. The van der Waals surface area contributed by atoms with E-state index in [1.807, 2.05) is 12.1 Å². The van der Waals surface area contributed by atoms with Gasteiger partial charge in [-0.2, -0.15) is 19.6 Å². The Balaban J connectivity index is 1.69. The van der Waals surface area contributed by atoms with Gasteiger partial charge in [-0.3, -0.25) is 0 Å². The molecule has 3 N–H and O–H groups in total. The number of aromatic nitrogens is 4. The van der Waals surface area contributed by atoms with Gasteiger partial charge in [-0.25, -0.2) is 0 Å². The third-order valence-electron chi connectivity index (χ3n) is 6.01. The van der Waals surface area contributed by atoms with Crippen LogP contribution in [0.4, 0.5) is 5.95 Å². The van der Waals surface area contributed by atoms with Gasteiger partial charge in [0.25, 0.3) is 0 Å². The molecule has 1 fully saturated rings. The Morgan fingerprint density at radius 3 is 2.70 bits per heavy atom. The van der Waals surface area contributed by atoms with Crippen LogP contribution in [0.15, 0.2) is 24.3 Å². The zero-order valence-electron chi connectivity index (χ0n) is 20.3. The largest absolute Gasteiger partial charge is 0.493 e. The summed E-state index contributed by atoms with van der Waals surface area (Å²) in [6.07, 6.45) is 2.11. The molecule has 1 aliphatic heterocycles. The number of nitrogen functional groups attached to an aromatic ring is 1. The van der Waals surface area contributed by atoms with E-state index in [-0.39, 0.29) is 23.9 Å². The number of rotatable bonds is 8. The van der Waals surface area contributed by atoms with E-state index in [9.17, 15) is 0 Å². The van der Waals surface area contributed by atoms with Crippen LogP contribution < -0.4 is 20.5 Å². The van der Waals surface area contributed by atoms with E-state index in [1.165, 1.54) is 0 Å². The maximum absolute atomic E-state index is 6.31. The van der Waals surface area contributed by atoms with Crippen molar-refractivity contribution in [2.75, 3.05) is 25.4 Å². The maximum atomic E-state index is 6.31. The Labute approximate surface area is 195 Å². The smallest absolute Gasteiger partial charge is 0.322 e. The summed E-state index contributed by atoms with van der Waals surface area (Å²) in [5.74, 6) is 1.88. The number of nitrogens with one attached hydrogen (secondary N) is 1. The van der Waals surface area contributed by atoms with Crippen molar-refractivity contribution in [2.24, 2.45) is 5.92 Å². The van der Waals surface area contributed by atoms with Gasteiger partial charge in [0.15, 0.2) is 5.65 Å². The van der Waals surface area contributed by atoms with Crippen LogP contribution in [0.1, 0.15) is 76.1 Å². The summed E-state index contributed by atoms with van der Waals surface area (Å²) < 4.78 is 13.7. The number of benzene rings is 1. The van der Waals surface area contributed by atoms with Crippen LogP contribution in [-0.4, -0.2) is 45.4 Å². The van der Waals surface area contributed by atoms with Gasteiger partial charge >= 0.3 is 6.01 Å². The lowest BCUT2D eigenvalue weighted by atomic mass is 9.91. The van der Waals surface area contributed by atoms with Crippen molar-refractivity contribution in [1.82, 2.24) is 24.9 Å². The monoisotopic (exact) mass is 452 g/mol. The van der Waals surface area contributed by atoms with Crippen LogP contribution in [0.25, 0.3) is 5.65 Å². The second-order valence-electron chi connectivity index (χ2n) is 9.64. The van der Waals surface area contributed by atoms with Gasteiger partial charge < -0.3 is 20.5 Å². The first-order valence-electron chi connectivity index (χ1n) is 12.0. The number of hydrogen-bond acceptors (Lipinski definition) is 7. The van der Waals surface area contributed by atoms with E-state index in [2.05, 4.69) is 57.1 Å². The van der Waals surface area contributed by atoms with Gasteiger partial charge in [-0.05, 0) is 48.9 Å². The Morgan fingerprint density at radius 2 is 2.00 bits per heavy atom. The highest BCUT2D eigenvalue weighted by Crippen LogP contribution is 2.34. The molecule has 33 heavy (non-hydrogen) atoms. The summed E-state index contributed by atoms with van der Waals surface area (Å²) in [6.45, 7) is 13.3. The fourth-order valence-electron chi connectivity index (χ4n) is 4.26. The zero-order chi connectivity index (χ0) is 23.5. The van der Waals surface area contributed by atoms with Crippen LogP contribution in [0.3, 0.4) is 0 Å². The maximum Gasteiger partial charge on any atom is 0.322 e. The fourth-order valence-corrected chi connectivity index (χ4v) is 4.26. The van der Waals surface area contributed by atoms with Crippen molar-refractivity contribution in [3.63, 3.8) is 0 Å². The molecule has 0 amide bonds. The molecule has 0 aliphatic carbocycles. The summed E-state index contributed by atoms with van der Waals surface area (Å²) in [7, 11) is 0. The lowest BCUT2D eigenvalue weighted by Gasteiger charge is -2.22. The van der Waals surface area contributed by atoms with Gasteiger partial charge in [0.2, 0.25) is 5.95 Å². The Bertz CT molecular complexity index is 1090. The molecular weight excluding hydrogens is 416 g/mol. The number of piperidine rings is 1.